The van der Waals surface area contributed by atoms with Crippen LogP contribution in [0.2, 0.25) is 0 Å². The zero-order valence-corrected chi connectivity index (χ0v) is 13.4. The molecule has 0 amide bonds. The number of thiophene rings is 1. The van der Waals surface area contributed by atoms with Gasteiger partial charge in [-0.3, -0.25) is 0 Å². The van der Waals surface area contributed by atoms with E-state index in [2.05, 4.69) is 17.5 Å². The second kappa shape index (κ2) is 5.96. The Bertz CT molecular complexity index is 744. The van der Waals surface area contributed by atoms with Gasteiger partial charge in [-0.2, -0.15) is 0 Å². The largest absolute Gasteiger partial charge is 0.497 e. The fourth-order valence-electron chi connectivity index (χ4n) is 2.35. The molecule has 0 fully saturated rings. The van der Waals surface area contributed by atoms with E-state index in [1.165, 1.54) is 10.1 Å². The van der Waals surface area contributed by atoms with Crippen LogP contribution in [-0.4, -0.2) is 14.2 Å². The molecule has 0 bridgehead atoms. The van der Waals surface area contributed by atoms with Crippen molar-refractivity contribution in [1.29, 1.82) is 0 Å². The SMILES string of the molecule is COc1cc(OC)cc(C(Cl)c2csc3ccccc23)c1. The van der Waals surface area contributed by atoms with Gasteiger partial charge in [0.15, 0.2) is 0 Å². The smallest absolute Gasteiger partial charge is 0.122 e. The minimum atomic E-state index is -0.231. The van der Waals surface area contributed by atoms with Crippen LogP contribution in [0.4, 0.5) is 0 Å². The number of fused-ring (bicyclic) bond motifs is 1. The number of hydrogen-bond donors (Lipinski definition) is 0. The Labute approximate surface area is 132 Å². The molecule has 0 N–H and O–H groups in total. The van der Waals surface area contributed by atoms with Crippen molar-refractivity contribution in [3.05, 3.63) is 59.0 Å². The van der Waals surface area contributed by atoms with Gasteiger partial charge >= 0.3 is 0 Å². The molecule has 1 aromatic heterocycles. The van der Waals surface area contributed by atoms with Crippen LogP contribution in [-0.2, 0) is 0 Å². The number of ether oxygens (including phenoxy) is 2. The molecule has 2 nitrogen and oxygen atoms in total. The number of benzene rings is 2. The predicted octanol–water partition coefficient (Wildman–Crippen LogP) is 5.25. The summed E-state index contributed by atoms with van der Waals surface area (Å²) in [5.74, 6) is 1.49. The van der Waals surface area contributed by atoms with Gasteiger partial charge in [0.05, 0.1) is 19.6 Å². The van der Waals surface area contributed by atoms with Crippen LogP contribution in [0, 0.1) is 0 Å². The highest BCUT2D eigenvalue weighted by Crippen LogP contribution is 2.39. The van der Waals surface area contributed by atoms with E-state index in [0.29, 0.717) is 0 Å². The molecule has 2 aromatic carbocycles. The van der Waals surface area contributed by atoms with Crippen molar-refractivity contribution in [1.82, 2.24) is 0 Å². The number of alkyl halides is 1. The molecule has 21 heavy (non-hydrogen) atoms. The van der Waals surface area contributed by atoms with E-state index >= 15 is 0 Å². The Morgan fingerprint density at radius 1 is 1.00 bits per heavy atom. The molecule has 108 valence electrons. The van der Waals surface area contributed by atoms with Gasteiger partial charge in [-0.1, -0.05) is 18.2 Å². The first kappa shape index (κ1) is 14.2. The maximum atomic E-state index is 6.71. The highest BCUT2D eigenvalue weighted by molar-refractivity contribution is 7.17. The lowest BCUT2D eigenvalue weighted by atomic mass is 10.0. The second-order valence-corrected chi connectivity index (χ2v) is 6.04. The van der Waals surface area contributed by atoms with Gasteiger partial charge in [0.25, 0.3) is 0 Å². The summed E-state index contributed by atoms with van der Waals surface area (Å²) in [6.07, 6.45) is 0. The molecule has 0 radical (unpaired) electrons. The van der Waals surface area contributed by atoms with Gasteiger partial charge < -0.3 is 9.47 Å². The fraction of sp³-hybridized carbons (Fsp3) is 0.176. The van der Waals surface area contributed by atoms with Crippen LogP contribution in [0.1, 0.15) is 16.5 Å². The van der Waals surface area contributed by atoms with Crippen molar-refractivity contribution in [3.63, 3.8) is 0 Å². The maximum Gasteiger partial charge on any atom is 0.122 e. The summed E-state index contributed by atoms with van der Waals surface area (Å²) in [5.41, 5.74) is 2.09. The molecule has 3 aromatic rings. The Hall–Kier alpha value is -1.71. The summed E-state index contributed by atoms with van der Waals surface area (Å²) in [6, 6.07) is 14.0. The molecule has 1 unspecified atom stereocenters. The number of hydrogen-bond acceptors (Lipinski definition) is 3. The van der Waals surface area contributed by atoms with E-state index in [9.17, 15) is 0 Å². The Morgan fingerprint density at radius 3 is 2.33 bits per heavy atom. The van der Waals surface area contributed by atoms with Crippen LogP contribution in [0.15, 0.2) is 47.8 Å². The van der Waals surface area contributed by atoms with Crippen LogP contribution < -0.4 is 9.47 Å². The van der Waals surface area contributed by atoms with Gasteiger partial charge in [-0.25, -0.2) is 0 Å². The van der Waals surface area contributed by atoms with E-state index < -0.39 is 0 Å². The minimum Gasteiger partial charge on any atom is -0.497 e. The van der Waals surface area contributed by atoms with Gasteiger partial charge in [0.1, 0.15) is 11.5 Å². The summed E-state index contributed by atoms with van der Waals surface area (Å²) in [4.78, 5) is 0. The lowest BCUT2D eigenvalue weighted by Gasteiger charge is -2.13. The van der Waals surface area contributed by atoms with Crippen molar-refractivity contribution in [2.75, 3.05) is 14.2 Å². The van der Waals surface area contributed by atoms with E-state index in [1.54, 1.807) is 25.6 Å². The maximum absolute atomic E-state index is 6.71. The summed E-state index contributed by atoms with van der Waals surface area (Å²) in [6.45, 7) is 0. The molecule has 1 heterocycles. The first-order valence-corrected chi connectivity index (χ1v) is 7.87. The van der Waals surface area contributed by atoms with Crippen molar-refractivity contribution < 1.29 is 9.47 Å². The predicted molar refractivity (Wildman–Crippen MR) is 89.1 cm³/mol. The van der Waals surface area contributed by atoms with Gasteiger partial charge in [0.2, 0.25) is 0 Å². The average molecular weight is 319 g/mol. The van der Waals surface area contributed by atoms with Crippen LogP contribution in [0.5, 0.6) is 11.5 Å². The monoisotopic (exact) mass is 318 g/mol. The van der Waals surface area contributed by atoms with Gasteiger partial charge in [-0.05, 0) is 40.1 Å². The summed E-state index contributed by atoms with van der Waals surface area (Å²) < 4.78 is 11.9. The molecule has 0 aliphatic carbocycles. The average Bonchev–Trinajstić information content (AvgIpc) is 2.97. The van der Waals surface area contributed by atoms with E-state index in [4.69, 9.17) is 21.1 Å². The zero-order valence-electron chi connectivity index (χ0n) is 11.8. The van der Waals surface area contributed by atoms with Crippen molar-refractivity contribution >= 4 is 33.0 Å². The van der Waals surface area contributed by atoms with E-state index in [-0.39, 0.29) is 5.38 Å². The Morgan fingerprint density at radius 2 is 1.67 bits per heavy atom. The molecular weight excluding hydrogens is 304 g/mol. The number of methoxy groups -OCH3 is 2. The van der Waals surface area contributed by atoms with E-state index in [1.807, 2.05) is 30.3 Å². The second-order valence-electron chi connectivity index (χ2n) is 4.70. The van der Waals surface area contributed by atoms with Gasteiger partial charge in [0, 0.05) is 10.8 Å². The standard InChI is InChI=1S/C17H15ClO2S/c1-19-12-7-11(8-13(9-12)20-2)17(18)15-10-21-16-6-4-3-5-14(15)16/h3-10,17H,1-2H3. The molecule has 0 aliphatic heterocycles. The fourth-order valence-corrected chi connectivity index (χ4v) is 3.72. The third kappa shape index (κ3) is 2.71. The first-order valence-electron chi connectivity index (χ1n) is 6.56. The summed E-state index contributed by atoms with van der Waals surface area (Å²) in [5, 5.41) is 3.09. The molecule has 3 rings (SSSR count). The number of rotatable bonds is 4. The van der Waals surface area contributed by atoms with Crippen molar-refractivity contribution in [2.24, 2.45) is 0 Å². The molecule has 0 aliphatic rings. The molecule has 0 saturated carbocycles. The first-order chi connectivity index (χ1) is 10.2. The van der Waals surface area contributed by atoms with Crippen LogP contribution >= 0.6 is 22.9 Å². The topological polar surface area (TPSA) is 18.5 Å². The summed E-state index contributed by atoms with van der Waals surface area (Å²) >= 11 is 8.42. The van der Waals surface area contributed by atoms with Crippen LogP contribution in [0.3, 0.4) is 0 Å². The molecule has 1 atom stereocenters. The summed E-state index contributed by atoms with van der Waals surface area (Å²) in [7, 11) is 3.28. The zero-order chi connectivity index (χ0) is 14.8. The normalized spacial score (nSPS) is 12.3. The third-order valence-electron chi connectivity index (χ3n) is 3.45. The molecule has 4 heteroatoms. The lowest BCUT2D eigenvalue weighted by molar-refractivity contribution is 0.393. The highest BCUT2D eigenvalue weighted by atomic mass is 35.5. The Kier molecular flexibility index (Phi) is 4.04. The van der Waals surface area contributed by atoms with Gasteiger partial charge in [-0.15, -0.1) is 22.9 Å². The quantitative estimate of drug-likeness (QED) is 0.612. The van der Waals surface area contributed by atoms with Crippen LogP contribution in [0.25, 0.3) is 10.1 Å². The highest BCUT2D eigenvalue weighted by Gasteiger charge is 2.17. The van der Waals surface area contributed by atoms with Crippen molar-refractivity contribution in [3.8, 4) is 11.5 Å². The minimum absolute atomic E-state index is 0.231. The third-order valence-corrected chi connectivity index (χ3v) is 4.92. The molecular formula is C17H15ClO2S. The van der Waals surface area contributed by atoms with E-state index in [0.717, 1.165) is 22.6 Å². The number of halogens is 1. The lowest BCUT2D eigenvalue weighted by Crippen LogP contribution is -1.95. The van der Waals surface area contributed by atoms with Crippen molar-refractivity contribution in [2.45, 2.75) is 5.38 Å². The Balaban J connectivity index is 2.07. The molecule has 0 saturated heterocycles. The molecule has 0 spiro atoms.